The Hall–Kier alpha value is -3.96. The molecule has 1 atom stereocenters. The summed E-state index contributed by atoms with van der Waals surface area (Å²) in [7, 11) is 0. The number of rotatable bonds is 9. The smallest absolute Gasteiger partial charge is 0.349 e. The van der Waals surface area contributed by atoms with Crippen LogP contribution >= 0.6 is 22.6 Å². The van der Waals surface area contributed by atoms with Crippen molar-refractivity contribution in [3.63, 3.8) is 0 Å². The van der Waals surface area contributed by atoms with Gasteiger partial charge in [0.1, 0.15) is 5.69 Å². The van der Waals surface area contributed by atoms with E-state index in [0.29, 0.717) is 28.9 Å². The SMILES string of the molecule is Cc1cccnc1-n1nc(Cn2cc(C(F)(F)C(F)(F)F)nn2)cc1C(=O)Nc1c(C)cc(I)cc1C(=O)NC(C)C1CC1. The number of anilines is 1. The van der Waals surface area contributed by atoms with Crippen LogP contribution in [-0.2, 0) is 12.5 Å². The number of aromatic nitrogens is 6. The summed E-state index contributed by atoms with van der Waals surface area (Å²) in [6.45, 7) is 5.05. The van der Waals surface area contributed by atoms with Gasteiger partial charge in [-0.1, -0.05) is 11.3 Å². The Morgan fingerprint density at radius 3 is 2.48 bits per heavy atom. The van der Waals surface area contributed by atoms with Crippen molar-refractivity contribution < 1.29 is 31.5 Å². The van der Waals surface area contributed by atoms with Crippen LogP contribution in [0.4, 0.5) is 27.6 Å². The van der Waals surface area contributed by atoms with Crippen molar-refractivity contribution in [2.24, 2.45) is 5.92 Å². The lowest BCUT2D eigenvalue weighted by molar-refractivity contribution is -0.291. The fourth-order valence-corrected chi connectivity index (χ4v) is 5.40. The first-order valence-corrected chi connectivity index (χ1v) is 14.5. The predicted octanol–water partition coefficient (Wildman–Crippen LogP) is 5.56. The van der Waals surface area contributed by atoms with E-state index in [-0.39, 0.29) is 41.3 Å². The van der Waals surface area contributed by atoms with E-state index in [0.717, 1.165) is 21.1 Å². The van der Waals surface area contributed by atoms with E-state index >= 15 is 0 Å². The number of carbonyl (C=O) groups excluding carboxylic acids is 2. The van der Waals surface area contributed by atoms with Gasteiger partial charge in [-0.2, -0.15) is 27.1 Å². The molecule has 2 N–H and O–H groups in total. The van der Waals surface area contributed by atoms with Crippen molar-refractivity contribution >= 4 is 40.1 Å². The predicted molar refractivity (Wildman–Crippen MR) is 157 cm³/mol. The summed E-state index contributed by atoms with van der Waals surface area (Å²) in [4.78, 5) is 31.4. The molecule has 0 saturated heterocycles. The number of nitrogens with one attached hydrogen (secondary N) is 2. The molecule has 1 aromatic carbocycles. The van der Waals surface area contributed by atoms with E-state index in [1.54, 1.807) is 32.0 Å². The number of halogens is 6. The molecular weight excluding hydrogens is 702 g/mol. The van der Waals surface area contributed by atoms with Gasteiger partial charge in [0.05, 0.1) is 29.7 Å². The van der Waals surface area contributed by atoms with Gasteiger partial charge in [-0.3, -0.25) is 9.59 Å². The Morgan fingerprint density at radius 1 is 1.09 bits per heavy atom. The number of alkyl halides is 5. The summed E-state index contributed by atoms with van der Waals surface area (Å²) < 4.78 is 68.8. The second-order valence-corrected chi connectivity index (χ2v) is 11.9. The quantitative estimate of drug-likeness (QED) is 0.172. The highest BCUT2D eigenvalue weighted by atomic mass is 127. The largest absolute Gasteiger partial charge is 0.459 e. The summed E-state index contributed by atoms with van der Waals surface area (Å²) in [5, 5.41) is 16.6. The molecule has 2 amide bonds. The molecule has 1 unspecified atom stereocenters. The summed E-state index contributed by atoms with van der Waals surface area (Å²) in [6.07, 6.45) is -1.81. The van der Waals surface area contributed by atoms with Gasteiger partial charge in [0, 0.05) is 15.8 Å². The fourth-order valence-electron chi connectivity index (χ4n) is 4.62. The number of aryl methyl sites for hydroxylation is 2. The minimum atomic E-state index is -5.85. The maximum Gasteiger partial charge on any atom is 0.459 e. The summed E-state index contributed by atoms with van der Waals surface area (Å²) in [5.74, 6) is -5.51. The molecule has 1 aliphatic carbocycles. The number of benzene rings is 1. The van der Waals surface area contributed by atoms with Crippen molar-refractivity contribution in [1.82, 2.24) is 35.1 Å². The lowest BCUT2D eigenvalue weighted by Crippen LogP contribution is -2.35. The Labute approximate surface area is 261 Å². The Bertz CT molecular complexity index is 1730. The zero-order valence-electron chi connectivity index (χ0n) is 23.6. The molecule has 0 bridgehead atoms. The molecule has 0 aliphatic heterocycles. The maximum absolute atomic E-state index is 13.8. The fraction of sp³-hybridized carbons (Fsp3) is 0.357. The van der Waals surface area contributed by atoms with Crippen molar-refractivity contribution in [3.05, 3.63) is 80.1 Å². The van der Waals surface area contributed by atoms with E-state index in [1.165, 1.54) is 16.9 Å². The van der Waals surface area contributed by atoms with Gasteiger partial charge in [0.25, 0.3) is 11.8 Å². The molecule has 3 heterocycles. The van der Waals surface area contributed by atoms with Crippen LogP contribution in [0.3, 0.4) is 0 Å². The number of carbonyl (C=O) groups is 2. The minimum Gasteiger partial charge on any atom is -0.349 e. The zero-order valence-corrected chi connectivity index (χ0v) is 25.7. The number of nitrogens with zero attached hydrogens (tertiary/aromatic N) is 6. The van der Waals surface area contributed by atoms with E-state index in [2.05, 4.69) is 53.6 Å². The molecule has 5 rings (SSSR count). The van der Waals surface area contributed by atoms with Crippen LogP contribution in [0.2, 0.25) is 0 Å². The van der Waals surface area contributed by atoms with Gasteiger partial charge < -0.3 is 10.6 Å². The van der Waals surface area contributed by atoms with Crippen LogP contribution in [-0.4, -0.2) is 53.8 Å². The monoisotopic (exact) mass is 728 g/mol. The van der Waals surface area contributed by atoms with Crippen LogP contribution in [0.25, 0.3) is 5.82 Å². The highest BCUT2D eigenvalue weighted by Gasteiger charge is 2.60. The van der Waals surface area contributed by atoms with E-state index in [9.17, 15) is 31.5 Å². The van der Waals surface area contributed by atoms with Crippen LogP contribution in [0.15, 0.2) is 42.7 Å². The highest BCUT2D eigenvalue weighted by Crippen LogP contribution is 2.42. The second-order valence-electron chi connectivity index (χ2n) is 10.6. The number of amides is 2. The zero-order chi connectivity index (χ0) is 32.0. The Kier molecular flexibility index (Phi) is 8.48. The van der Waals surface area contributed by atoms with Gasteiger partial charge in [-0.15, -0.1) is 5.10 Å². The van der Waals surface area contributed by atoms with Crippen LogP contribution in [0.5, 0.6) is 0 Å². The Balaban J connectivity index is 1.49. The van der Waals surface area contributed by atoms with E-state index in [1.807, 2.05) is 13.0 Å². The minimum absolute atomic E-state index is 0.0292. The molecule has 3 aromatic heterocycles. The molecule has 16 heteroatoms. The normalized spacial score (nSPS) is 14.4. The van der Waals surface area contributed by atoms with Gasteiger partial charge in [0.2, 0.25) is 0 Å². The lowest BCUT2D eigenvalue weighted by Gasteiger charge is -2.18. The average Bonchev–Trinajstić information content (AvgIpc) is 3.55. The van der Waals surface area contributed by atoms with Gasteiger partial charge in [-0.25, -0.2) is 14.3 Å². The third-order valence-corrected chi connectivity index (χ3v) is 7.81. The standard InChI is InChI=1S/C28H26F5IN8O2/c1-14-5-4-8-35-24(14)42-21(11-19(39-42)12-41-13-22(38-40-41)27(29,30)28(31,32)33)26(44)37-23-15(2)9-18(34)10-20(23)25(43)36-16(3)17-6-7-17/h4-5,8-11,13,16-17H,6-7,12H2,1-3H3,(H,36,43)(H,37,44). The summed E-state index contributed by atoms with van der Waals surface area (Å²) in [5.41, 5.74) is 0.341. The maximum atomic E-state index is 13.8. The second kappa shape index (κ2) is 11.9. The topological polar surface area (TPSA) is 120 Å². The van der Waals surface area contributed by atoms with E-state index in [4.69, 9.17) is 0 Å². The van der Waals surface area contributed by atoms with E-state index < -0.39 is 23.7 Å². The van der Waals surface area contributed by atoms with Crippen molar-refractivity contribution in [1.29, 1.82) is 0 Å². The van der Waals surface area contributed by atoms with Gasteiger partial charge in [-0.05, 0) is 97.5 Å². The first-order valence-electron chi connectivity index (χ1n) is 13.4. The molecule has 0 radical (unpaired) electrons. The number of pyridine rings is 1. The van der Waals surface area contributed by atoms with Crippen molar-refractivity contribution in [3.8, 4) is 5.82 Å². The molecule has 10 nitrogen and oxygen atoms in total. The first-order chi connectivity index (χ1) is 20.7. The molecule has 4 aromatic rings. The third kappa shape index (κ3) is 6.44. The van der Waals surface area contributed by atoms with Crippen LogP contribution in [0.1, 0.15) is 63.1 Å². The molecule has 1 aliphatic rings. The lowest BCUT2D eigenvalue weighted by atomic mass is 10.1. The van der Waals surface area contributed by atoms with Crippen molar-refractivity contribution in [2.75, 3.05) is 5.32 Å². The molecular formula is C28H26F5IN8O2. The molecule has 0 spiro atoms. The van der Waals surface area contributed by atoms with Crippen molar-refractivity contribution in [2.45, 2.75) is 58.3 Å². The first kappa shape index (κ1) is 31.5. The number of hydrogen-bond donors (Lipinski definition) is 2. The summed E-state index contributed by atoms with van der Waals surface area (Å²) >= 11 is 2.09. The number of hydrogen-bond acceptors (Lipinski definition) is 6. The molecule has 1 saturated carbocycles. The highest BCUT2D eigenvalue weighted by molar-refractivity contribution is 14.1. The van der Waals surface area contributed by atoms with Gasteiger partial charge >= 0.3 is 12.1 Å². The molecule has 232 valence electrons. The summed E-state index contributed by atoms with van der Waals surface area (Å²) in [6, 6.07) is 8.20. The van der Waals surface area contributed by atoms with Crippen LogP contribution in [0, 0.1) is 23.3 Å². The average molecular weight is 728 g/mol. The third-order valence-electron chi connectivity index (χ3n) is 7.19. The molecule has 1 fully saturated rings. The Morgan fingerprint density at radius 2 is 1.82 bits per heavy atom. The van der Waals surface area contributed by atoms with Crippen LogP contribution < -0.4 is 10.6 Å². The van der Waals surface area contributed by atoms with Gasteiger partial charge in [0.15, 0.2) is 11.5 Å². The molecule has 44 heavy (non-hydrogen) atoms.